The van der Waals surface area contributed by atoms with Gasteiger partial charge in [-0.15, -0.1) is 0 Å². The van der Waals surface area contributed by atoms with E-state index in [4.69, 9.17) is 5.26 Å². The third-order valence-electron chi connectivity index (χ3n) is 2.52. The highest BCUT2D eigenvalue weighted by Gasteiger charge is 2.07. The molecule has 1 aromatic heterocycles. The van der Waals surface area contributed by atoms with E-state index in [1.165, 1.54) is 6.07 Å². The van der Waals surface area contributed by atoms with Gasteiger partial charge in [-0.05, 0) is 30.7 Å². The maximum absolute atomic E-state index is 11.4. The predicted octanol–water partition coefficient (Wildman–Crippen LogP) is 1.93. The Hall–Kier alpha value is -2.54. The maximum atomic E-state index is 11.4. The summed E-state index contributed by atoms with van der Waals surface area (Å²) in [5.74, 6) is 0.145. The first kappa shape index (κ1) is 11.0. The SMILES string of the molecule is Cc1[nH]c(=O)c(C#N)cc1-c1cccc(O)c1. The minimum absolute atomic E-state index is 0.0638. The number of benzene rings is 1. The van der Waals surface area contributed by atoms with Crippen molar-refractivity contribution in [2.45, 2.75) is 6.92 Å². The topological polar surface area (TPSA) is 76.9 Å². The third kappa shape index (κ3) is 2.04. The van der Waals surface area contributed by atoms with E-state index in [0.717, 1.165) is 11.1 Å². The molecule has 0 amide bonds. The van der Waals surface area contributed by atoms with Crippen LogP contribution < -0.4 is 5.56 Å². The molecule has 0 atom stereocenters. The first-order valence-electron chi connectivity index (χ1n) is 5.05. The smallest absolute Gasteiger partial charge is 0.266 e. The number of aromatic amines is 1. The van der Waals surface area contributed by atoms with Crippen LogP contribution in [0.1, 0.15) is 11.3 Å². The van der Waals surface area contributed by atoms with Crippen molar-refractivity contribution in [2.24, 2.45) is 0 Å². The van der Waals surface area contributed by atoms with Crippen LogP contribution in [-0.4, -0.2) is 10.1 Å². The number of nitriles is 1. The average Bonchev–Trinajstić information content (AvgIpc) is 2.29. The summed E-state index contributed by atoms with van der Waals surface area (Å²) in [7, 11) is 0. The van der Waals surface area contributed by atoms with Gasteiger partial charge in [0.05, 0.1) is 0 Å². The molecule has 0 saturated carbocycles. The molecule has 0 aliphatic heterocycles. The number of H-pyrrole nitrogens is 1. The number of hydrogen-bond acceptors (Lipinski definition) is 3. The number of aromatic nitrogens is 1. The van der Waals surface area contributed by atoms with E-state index in [1.807, 2.05) is 12.1 Å². The standard InChI is InChI=1S/C13H10N2O2/c1-8-12(6-10(7-14)13(17)15-8)9-3-2-4-11(16)5-9/h2-6,16H,1H3,(H,15,17). The van der Waals surface area contributed by atoms with Crippen LogP contribution in [0.2, 0.25) is 0 Å². The first-order chi connectivity index (χ1) is 8.11. The van der Waals surface area contributed by atoms with Crippen molar-refractivity contribution >= 4 is 0 Å². The quantitative estimate of drug-likeness (QED) is 0.779. The summed E-state index contributed by atoms with van der Waals surface area (Å²) in [6.07, 6.45) is 0. The van der Waals surface area contributed by atoms with Crippen molar-refractivity contribution in [1.29, 1.82) is 5.26 Å². The summed E-state index contributed by atoms with van der Waals surface area (Å²) >= 11 is 0. The molecule has 0 saturated heterocycles. The Morgan fingerprint density at radius 1 is 1.35 bits per heavy atom. The van der Waals surface area contributed by atoms with Crippen LogP contribution in [0.15, 0.2) is 35.1 Å². The van der Waals surface area contributed by atoms with Crippen LogP contribution in [-0.2, 0) is 0 Å². The molecule has 0 aliphatic carbocycles. The van der Waals surface area contributed by atoms with Crippen LogP contribution >= 0.6 is 0 Å². The molecule has 0 spiro atoms. The number of aromatic hydroxyl groups is 1. The van der Waals surface area contributed by atoms with Gasteiger partial charge in [0, 0.05) is 11.3 Å². The lowest BCUT2D eigenvalue weighted by atomic mass is 10.0. The summed E-state index contributed by atoms with van der Waals surface area (Å²) in [5.41, 5.74) is 1.83. The normalized spacial score (nSPS) is 9.88. The number of nitrogens with one attached hydrogen (secondary N) is 1. The maximum Gasteiger partial charge on any atom is 0.266 e. The van der Waals surface area contributed by atoms with Crippen LogP contribution in [0.3, 0.4) is 0 Å². The van der Waals surface area contributed by atoms with E-state index < -0.39 is 5.56 Å². The highest BCUT2D eigenvalue weighted by Crippen LogP contribution is 2.24. The summed E-state index contributed by atoms with van der Waals surface area (Å²) in [5, 5.41) is 18.2. The Morgan fingerprint density at radius 3 is 2.76 bits per heavy atom. The lowest BCUT2D eigenvalue weighted by molar-refractivity contribution is 0.475. The highest BCUT2D eigenvalue weighted by molar-refractivity contribution is 5.68. The van der Waals surface area contributed by atoms with Crippen LogP contribution in [0.4, 0.5) is 0 Å². The number of phenols is 1. The lowest BCUT2D eigenvalue weighted by Gasteiger charge is -2.06. The van der Waals surface area contributed by atoms with Gasteiger partial charge >= 0.3 is 0 Å². The lowest BCUT2D eigenvalue weighted by Crippen LogP contribution is -2.11. The summed E-state index contributed by atoms with van der Waals surface area (Å²) in [6.45, 7) is 1.75. The van der Waals surface area contributed by atoms with Gasteiger partial charge in [0.1, 0.15) is 17.4 Å². The number of rotatable bonds is 1. The molecule has 0 radical (unpaired) electrons. The summed E-state index contributed by atoms with van der Waals surface area (Å²) in [4.78, 5) is 14.0. The van der Waals surface area contributed by atoms with Crippen molar-refractivity contribution in [1.82, 2.24) is 4.98 Å². The second kappa shape index (κ2) is 4.14. The molecule has 0 aliphatic rings. The molecule has 2 N–H and O–H groups in total. The number of hydrogen-bond donors (Lipinski definition) is 2. The molecule has 1 heterocycles. The molecule has 2 rings (SSSR count). The molecular formula is C13H10N2O2. The summed E-state index contributed by atoms with van der Waals surface area (Å²) < 4.78 is 0. The Labute approximate surface area is 97.8 Å². The van der Waals surface area contributed by atoms with Crippen LogP contribution in [0.25, 0.3) is 11.1 Å². The number of phenolic OH excluding ortho intramolecular Hbond substituents is 1. The minimum atomic E-state index is -0.395. The fourth-order valence-corrected chi connectivity index (χ4v) is 1.68. The second-order valence-corrected chi connectivity index (χ2v) is 3.71. The monoisotopic (exact) mass is 226 g/mol. The van der Waals surface area contributed by atoms with Crippen molar-refractivity contribution in [3.05, 3.63) is 51.9 Å². The molecule has 0 fully saturated rings. The van der Waals surface area contributed by atoms with E-state index in [-0.39, 0.29) is 11.3 Å². The fourth-order valence-electron chi connectivity index (χ4n) is 1.68. The molecule has 4 heteroatoms. The van der Waals surface area contributed by atoms with Gasteiger partial charge in [0.2, 0.25) is 0 Å². The fraction of sp³-hybridized carbons (Fsp3) is 0.0769. The van der Waals surface area contributed by atoms with Gasteiger partial charge in [0.15, 0.2) is 0 Å². The summed E-state index contributed by atoms with van der Waals surface area (Å²) in [6, 6.07) is 10.0. The van der Waals surface area contributed by atoms with Gasteiger partial charge < -0.3 is 10.1 Å². The van der Waals surface area contributed by atoms with Crippen molar-refractivity contribution < 1.29 is 5.11 Å². The van der Waals surface area contributed by atoms with Crippen molar-refractivity contribution in [2.75, 3.05) is 0 Å². The van der Waals surface area contributed by atoms with E-state index in [1.54, 1.807) is 25.1 Å². The zero-order chi connectivity index (χ0) is 12.4. The van der Waals surface area contributed by atoms with E-state index >= 15 is 0 Å². The number of aryl methyl sites for hydroxylation is 1. The number of pyridine rings is 1. The second-order valence-electron chi connectivity index (χ2n) is 3.71. The molecule has 0 unspecified atom stereocenters. The Morgan fingerprint density at radius 2 is 2.12 bits per heavy atom. The predicted molar refractivity (Wildman–Crippen MR) is 63.6 cm³/mol. The van der Waals surface area contributed by atoms with Gasteiger partial charge in [-0.1, -0.05) is 12.1 Å². The van der Waals surface area contributed by atoms with E-state index in [2.05, 4.69) is 4.98 Å². The average molecular weight is 226 g/mol. The third-order valence-corrected chi connectivity index (χ3v) is 2.52. The van der Waals surface area contributed by atoms with Crippen LogP contribution in [0, 0.1) is 18.3 Å². The Bertz CT molecular complexity index is 666. The molecule has 84 valence electrons. The number of nitrogens with zero attached hydrogens (tertiary/aromatic N) is 1. The van der Waals surface area contributed by atoms with Gasteiger partial charge in [0.25, 0.3) is 5.56 Å². The Balaban J connectivity index is 2.68. The zero-order valence-electron chi connectivity index (χ0n) is 9.19. The first-order valence-corrected chi connectivity index (χ1v) is 5.05. The largest absolute Gasteiger partial charge is 0.508 e. The molecule has 17 heavy (non-hydrogen) atoms. The molecule has 0 bridgehead atoms. The Kier molecular flexibility index (Phi) is 2.67. The molecule has 1 aromatic carbocycles. The zero-order valence-corrected chi connectivity index (χ0v) is 9.19. The van der Waals surface area contributed by atoms with E-state index in [9.17, 15) is 9.90 Å². The van der Waals surface area contributed by atoms with Crippen LogP contribution in [0.5, 0.6) is 5.75 Å². The minimum Gasteiger partial charge on any atom is -0.508 e. The van der Waals surface area contributed by atoms with Gasteiger partial charge in [-0.2, -0.15) is 5.26 Å². The van der Waals surface area contributed by atoms with E-state index in [0.29, 0.717) is 5.69 Å². The van der Waals surface area contributed by atoms with Gasteiger partial charge in [-0.25, -0.2) is 0 Å². The highest BCUT2D eigenvalue weighted by atomic mass is 16.3. The van der Waals surface area contributed by atoms with Crippen molar-refractivity contribution in [3.63, 3.8) is 0 Å². The molecule has 2 aromatic rings. The molecule has 4 nitrogen and oxygen atoms in total. The van der Waals surface area contributed by atoms with Crippen molar-refractivity contribution in [3.8, 4) is 22.9 Å². The van der Waals surface area contributed by atoms with Gasteiger partial charge in [-0.3, -0.25) is 4.79 Å². The molecular weight excluding hydrogens is 216 g/mol.